The SMILES string of the molecule is Cc1ccnc(C(NC(=O)Nc2ccncc2)C2CC2)n1. The molecule has 0 bridgehead atoms. The second-order valence-electron chi connectivity index (χ2n) is 5.21. The lowest BCUT2D eigenvalue weighted by Crippen LogP contribution is -2.34. The quantitative estimate of drug-likeness (QED) is 0.903. The summed E-state index contributed by atoms with van der Waals surface area (Å²) >= 11 is 0. The van der Waals surface area contributed by atoms with Crippen molar-refractivity contribution in [1.29, 1.82) is 0 Å². The molecule has 6 nitrogen and oxygen atoms in total. The Kier molecular flexibility index (Phi) is 3.77. The van der Waals surface area contributed by atoms with Gasteiger partial charge in [-0.1, -0.05) is 0 Å². The lowest BCUT2D eigenvalue weighted by atomic mass is 10.1. The third-order valence-corrected chi connectivity index (χ3v) is 3.41. The summed E-state index contributed by atoms with van der Waals surface area (Å²) in [5, 5.41) is 5.77. The van der Waals surface area contributed by atoms with Crippen LogP contribution in [-0.4, -0.2) is 21.0 Å². The van der Waals surface area contributed by atoms with E-state index in [-0.39, 0.29) is 12.1 Å². The van der Waals surface area contributed by atoms with Crippen LogP contribution in [0.2, 0.25) is 0 Å². The number of carbonyl (C=O) groups excluding carboxylic acids is 1. The Hall–Kier alpha value is -2.50. The van der Waals surface area contributed by atoms with Crippen LogP contribution in [0.15, 0.2) is 36.8 Å². The largest absolute Gasteiger partial charge is 0.328 e. The highest BCUT2D eigenvalue weighted by Crippen LogP contribution is 2.39. The highest BCUT2D eigenvalue weighted by Gasteiger charge is 2.35. The summed E-state index contributed by atoms with van der Waals surface area (Å²) in [5.74, 6) is 1.11. The number of carbonyl (C=O) groups is 1. The van der Waals surface area contributed by atoms with Gasteiger partial charge in [-0.05, 0) is 43.9 Å². The molecule has 1 fully saturated rings. The number of pyridine rings is 1. The molecule has 1 saturated carbocycles. The van der Waals surface area contributed by atoms with Crippen molar-refractivity contribution in [2.75, 3.05) is 5.32 Å². The predicted octanol–water partition coefficient (Wildman–Crippen LogP) is 2.45. The van der Waals surface area contributed by atoms with E-state index in [9.17, 15) is 4.79 Å². The van der Waals surface area contributed by atoms with E-state index >= 15 is 0 Å². The number of rotatable bonds is 4. The minimum atomic E-state index is -0.247. The molecule has 0 aliphatic heterocycles. The third kappa shape index (κ3) is 3.53. The average Bonchev–Trinajstić information content (AvgIpc) is 3.30. The molecule has 2 aromatic rings. The molecule has 2 amide bonds. The minimum absolute atomic E-state index is 0.133. The maximum atomic E-state index is 12.1. The van der Waals surface area contributed by atoms with Gasteiger partial charge in [-0.25, -0.2) is 14.8 Å². The Morgan fingerprint density at radius 3 is 2.67 bits per heavy atom. The molecule has 1 aliphatic rings. The van der Waals surface area contributed by atoms with Crippen molar-refractivity contribution in [2.45, 2.75) is 25.8 Å². The van der Waals surface area contributed by atoms with Gasteiger partial charge in [-0.15, -0.1) is 0 Å². The van der Waals surface area contributed by atoms with Gasteiger partial charge >= 0.3 is 6.03 Å². The van der Waals surface area contributed by atoms with Crippen LogP contribution in [0.1, 0.15) is 30.4 Å². The van der Waals surface area contributed by atoms with E-state index < -0.39 is 0 Å². The molecule has 2 heterocycles. The number of hydrogen-bond donors (Lipinski definition) is 2. The zero-order chi connectivity index (χ0) is 14.7. The summed E-state index contributed by atoms with van der Waals surface area (Å²) in [6, 6.07) is 4.96. The van der Waals surface area contributed by atoms with Crippen LogP contribution in [0.4, 0.5) is 10.5 Å². The zero-order valence-electron chi connectivity index (χ0n) is 11.8. The van der Waals surface area contributed by atoms with Crippen LogP contribution in [-0.2, 0) is 0 Å². The summed E-state index contributed by atoms with van der Waals surface area (Å²) in [7, 11) is 0. The van der Waals surface area contributed by atoms with Crippen LogP contribution >= 0.6 is 0 Å². The second kappa shape index (κ2) is 5.87. The van der Waals surface area contributed by atoms with Crippen LogP contribution in [0.3, 0.4) is 0 Å². The van der Waals surface area contributed by atoms with E-state index in [1.165, 1.54) is 0 Å². The van der Waals surface area contributed by atoms with Crippen molar-refractivity contribution >= 4 is 11.7 Å². The average molecular weight is 283 g/mol. The van der Waals surface area contributed by atoms with E-state index in [4.69, 9.17) is 0 Å². The highest BCUT2D eigenvalue weighted by molar-refractivity contribution is 5.89. The molecule has 6 heteroatoms. The van der Waals surface area contributed by atoms with E-state index in [0.717, 1.165) is 18.5 Å². The second-order valence-corrected chi connectivity index (χ2v) is 5.21. The van der Waals surface area contributed by atoms with Gasteiger partial charge in [0.05, 0.1) is 6.04 Å². The lowest BCUT2D eigenvalue weighted by molar-refractivity contribution is 0.246. The smallest absolute Gasteiger partial charge is 0.319 e. The van der Waals surface area contributed by atoms with E-state index in [0.29, 0.717) is 17.4 Å². The van der Waals surface area contributed by atoms with Crippen molar-refractivity contribution in [1.82, 2.24) is 20.3 Å². The fraction of sp³-hybridized carbons (Fsp3) is 0.333. The topological polar surface area (TPSA) is 79.8 Å². The van der Waals surface area contributed by atoms with E-state index in [1.54, 1.807) is 30.7 Å². The van der Waals surface area contributed by atoms with Gasteiger partial charge in [0.1, 0.15) is 0 Å². The van der Waals surface area contributed by atoms with Crippen LogP contribution in [0.5, 0.6) is 0 Å². The maximum Gasteiger partial charge on any atom is 0.319 e. The lowest BCUT2D eigenvalue weighted by Gasteiger charge is -2.17. The number of aromatic nitrogens is 3. The fourth-order valence-electron chi connectivity index (χ4n) is 2.18. The van der Waals surface area contributed by atoms with Crippen molar-refractivity contribution in [3.63, 3.8) is 0 Å². The zero-order valence-corrected chi connectivity index (χ0v) is 11.8. The van der Waals surface area contributed by atoms with E-state index in [2.05, 4.69) is 25.6 Å². The summed E-state index contributed by atoms with van der Waals surface area (Å²) in [5.41, 5.74) is 1.61. The first kappa shape index (κ1) is 13.5. The molecule has 108 valence electrons. The molecule has 0 aromatic carbocycles. The molecule has 2 N–H and O–H groups in total. The van der Waals surface area contributed by atoms with Gasteiger partial charge in [-0.2, -0.15) is 0 Å². The molecule has 1 atom stereocenters. The molecule has 2 aromatic heterocycles. The van der Waals surface area contributed by atoms with Gasteiger partial charge in [-0.3, -0.25) is 4.98 Å². The molecular formula is C15H17N5O. The first-order valence-corrected chi connectivity index (χ1v) is 6.99. The predicted molar refractivity (Wildman–Crippen MR) is 78.6 cm³/mol. The Balaban J connectivity index is 1.69. The molecule has 0 spiro atoms. The van der Waals surface area contributed by atoms with Crippen molar-refractivity contribution in [3.05, 3.63) is 48.3 Å². The summed E-state index contributed by atoms with van der Waals surface area (Å²) in [6.45, 7) is 1.92. The highest BCUT2D eigenvalue weighted by atomic mass is 16.2. The molecule has 0 radical (unpaired) electrons. The van der Waals surface area contributed by atoms with Gasteiger partial charge in [0.2, 0.25) is 0 Å². The van der Waals surface area contributed by atoms with Gasteiger partial charge in [0.15, 0.2) is 5.82 Å². The molecule has 3 rings (SSSR count). The standard InChI is InChI=1S/C15H17N5O/c1-10-4-9-17-14(18-10)13(11-2-3-11)20-15(21)19-12-5-7-16-8-6-12/h4-9,11,13H,2-3H2,1H3,(H2,16,19,20,21). The number of anilines is 1. The summed E-state index contributed by atoms with van der Waals surface area (Å²) < 4.78 is 0. The van der Waals surface area contributed by atoms with Gasteiger partial charge in [0.25, 0.3) is 0 Å². The summed E-state index contributed by atoms with van der Waals surface area (Å²) in [6.07, 6.45) is 7.19. The fourth-order valence-corrected chi connectivity index (χ4v) is 2.18. The molecule has 21 heavy (non-hydrogen) atoms. The number of hydrogen-bond acceptors (Lipinski definition) is 4. The van der Waals surface area contributed by atoms with Crippen LogP contribution in [0, 0.1) is 12.8 Å². The number of nitrogens with one attached hydrogen (secondary N) is 2. The van der Waals surface area contributed by atoms with Gasteiger partial charge in [0, 0.05) is 30.0 Å². The Labute approximate surface area is 123 Å². The monoisotopic (exact) mass is 283 g/mol. The van der Waals surface area contributed by atoms with E-state index in [1.807, 2.05) is 13.0 Å². The first-order valence-electron chi connectivity index (χ1n) is 6.99. The van der Waals surface area contributed by atoms with Crippen LogP contribution in [0.25, 0.3) is 0 Å². The maximum absolute atomic E-state index is 12.1. The Morgan fingerprint density at radius 2 is 2.00 bits per heavy atom. The number of urea groups is 1. The molecular weight excluding hydrogens is 266 g/mol. The van der Waals surface area contributed by atoms with Gasteiger partial charge < -0.3 is 10.6 Å². The van der Waals surface area contributed by atoms with Crippen molar-refractivity contribution in [2.24, 2.45) is 5.92 Å². The minimum Gasteiger partial charge on any atom is -0.328 e. The molecule has 1 aliphatic carbocycles. The van der Waals surface area contributed by atoms with Crippen LogP contribution < -0.4 is 10.6 Å². The number of aryl methyl sites for hydroxylation is 1. The van der Waals surface area contributed by atoms with Crippen molar-refractivity contribution in [3.8, 4) is 0 Å². The Morgan fingerprint density at radius 1 is 1.24 bits per heavy atom. The summed E-state index contributed by atoms with van der Waals surface area (Å²) in [4.78, 5) is 24.8. The number of amides is 2. The molecule has 1 unspecified atom stereocenters. The molecule has 0 saturated heterocycles. The van der Waals surface area contributed by atoms with Crippen molar-refractivity contribution < 1.29 is 4.79 Å². The third-order valence-electron chi connectivity index (χ3n) is 3.41. The normalized spacial score (nSPS) is 15.3. The Bertz CT molecular complexity index is 627. The number of nitrogens with zero attached hydrogens (tertiary/aromatic N) is 3. The first-order chi connectivity index (χ1) is 10.2.